The van der Waals surface area contributed by atoms with E-state index in [1.807, 2.05) is 24.3 Å². The zero-order chi connectivity index (χ0) is 25.5. The molecule has 0 spiro atoms. The van der Waals surface area contributed by atoms with Gasteiger partial charge in [0, 0.05) is 30.4 Å². The summed E-state index contributed by atoms with van der Waals surface area (Å²) in [4.78, 5) is 2.50. The third kappa shape index (κ3) is 4.30. The van der Waals surface area contributed by atoms with Crippen LogP contribution in [0.1, 0.15) is 37.8 Å². The Hall–Kier alpha value is -3.60. The van der Waals surface area contributed by atoms with Gasteiger partial charge in [0.15, 0.2) is 5.82 Å². The number of anilines is 1. The second kappa shape index (κ2) is 9.70. The predicted molar refractivity (Wildman–Crippen MR) is 147 cm³/mol. The maximum absolute atomic E-state index is 9.17. The van der Waals surface area contributed by atoms with E-state index in [1.54, 1.807) is 6.33 Å². The first-order valence-corrected chi connectivity index (χ1v) is 13.3. The van der Waals surface area contributed by atoms with Crippen LogP contribution in [0, 0.1) is 17.2 Å². The number of hydrogen-bond donors (Lipinski definition) is 1. The van der Waals surface area contributed by atoms with Gasteiger partial charge in [0.25, 0.3) is 0 Å². The zero-order valence-electron chi connectivity index (χ0n) is 21.2. The number of hydrogen-bond acceptors (Lipinski definition) is 5. The number of fused-ring (bicyclic) bond motifs is 5. The number of aromatic nitrogens is 4. The molecule has 1 N–H and O–H groups in total. The fourth-order valence-electron chi connectivity index (χ4n) is 5.42. The molecule has 37 heavy (non-hydrogen) atoms. The summed E-state index contributed by atoms with van der Waals surface area (Å²) in [5, 5.41) is 22.2. The largest absolute Gasteiger partial charge is 0.371 e. The highest BCUT2D eigenvalue weighted by atomic mass is 35.5. The van der Waals surface area contributed by atoms with Crippen molar-refractivity contribution in [3.8, 4) is 34.4 Å². The second-order valence-corrected chi connectivity index (χ2v) is 10.5. The van der Waals surface area contributed by atoms with Crippen molar-refractivity contribution in [2.45, 2.75) is 39.3 Å². The van der Waals surface area contributed by atoms with Crippen LogP contribution in [0.25, 0.3) is 28.3 Å². The Labute approximate surface area is 222 Å². The second-order valence-electron chi connectivity index (χ2n) is 10.2. The van der Waals surface area contributed by atoms with Gasteiger partial charge in [-0.3, -0.25) is 4.57 Å². The topological polar surface area (TPSA) is 74.7 Å². The molecule has 0 unspecified atom stereocenters. The molecule has 188 valence electrons. The Morgan fingerprint density at radius 2 is 2.03 bits per heavy atom. The standard InChI is InChI=1S/C29H30ClN7/c1-3-19(2)32-15-21-10-11-35(16-21)24-8-9-26-23(12-24)17-36-27(29-34-33-18-37(26)29)13-25(28(36)30)22-6-4-20(14-31)5-7-22/h4-9,12-13,18-19,21,32H,3,10-11,15-17H2,1-2H3/t19-,21+/m1/s1. The van der Waals surface area contributed by atoms with Crippen LogP contribution in [0.3, 0.4) is 0 Å². The van der Waals surface area contributed by atoms with Gasteiger partial charge >= 0.3 is 0 Å². The fraction of sp³-hybridized carbons (Fsp3) is 0.345. The van der Waals surface area contributed by atoms with E-state index >= 15 is 0 Å². The summed E-state index contributed by atoms with van der Waals surface area (Å²) in [5.74, 6) is 1.43. The first kappa shape index (κ1) is 23.8. The maximum Gasteiger partial charge on any atom is 0.185 e. The predicted octanol–water partition coefficient (Wildman–Crippen LogP) is 5.50. The van der Waals surface area contributed by atoms with Gasteiger partial charge in [0.05, 0.1) is 29.6 Å². The van der Waals surface area contributed by atoms with Crippen molar-refractivity contribution in [1.29, 1.82) is 5.26 Å². The summed E-state index contributed by atoms with van der Waals surface area (Å²) >= 11 is 7.00. The zero-order valence-corrected chi connectivity index (χ0v) is 21.9. The van der Waals surface area contributed by atoms with Gasteiger partial charge in [0.2, 0.25) is 0 Å². The molecule has 1 saturated heterocycles. The summed E-state index contributed by atoms with van der Waals surface area (Å²) < 4.78 is 4.17. The lowest BCUT2D eigenvalue weighted by Crippen LogP contribution is -2.32. The quantitative estimate of drug-likeness (QED) is 0.325. The van der Waals surface area contributed by atoms with E-state index < -0.39 is 0 Å². The monoisotopic (exact) mass is 511 g/mol. The molecule has 2 aliphatic heterocycles. The fourth-order valence-corrected chi connectivity index (χ4v) is 5.74. The lowest BCUT2D eigenvalue weighted by atomic mass is 10.1. The molecular weight excluding hydrogens is 482 g/mol. The van der Waals surface area contributed by atoms with Crippen molar-refractivity contribution in [1.82, 2.24) is 24.6 Å². The smallest absolute Gasteiger partial charge is 0.185 e. The first-order chi connectivity index (χ1) is 18.1. The van der Waals surface area contributed by atoms with Crippen molar-refractivity contribution in [3.05, 3.63) is 71.1 Å². The molecule has 0 amide bonds. The van der Waals surface area contributed by atoms with Gasteiger partial charge in [-0.1, -0.05) is 30.7 Å². The van der Waals surface area contributed by atoms with Gasteiger partial charge in [-0.2, -0.15) is 5.26 Å². The molecule has 8 heteroatoms. The molecule has 1 fully saturated rings. The van der Waals surface area contributed by atoms with E-state index in [0.29, 0.717) is 29.2 Å². The van der Waals surface area contributed by atoms with Crippen LogP contribution in [0.2, 0.25) is 5.15 Å². The van der Waals surface area contributed by atoms with Crippen LogP contribution in [-0.4, -0.2) is 45.0 Å². The SMILES string of the molecule is CC[C@@H](C)NC[C@@H]1CCN(c2ccc3c(c2)Cn2c(cc(-c4ccc(C#N)cc4)c2Cl)-c2nncn2-3)C1. The van der Waals surface area contributed by atoms with Crippen molar-refractivity contribution < 1.29 is 0 Å². The molecule has 7 nitrogen and oxygen atoms in total. The van der Waals surface area contributed by atoms with Crippen molar-refractivity contribution in [3.63, 3.8) is 0 Å². The van der Waals surface area contributed by atoms with E-state index in [0.717, 1.165) is 54.4 Å². The summed E-state index contributed by atoms with van der Waals surface area (Å²) in [7, 11) is 0. The molecule has 2 aromatic heterocycles. The average molecular weight is 512 g/mol. The Morgan fingerprint density at radius 1 is 1.19 bits per heavy atom. The van der Waals surface area contributed by atoms with E-state index in [-0.39, 0.29) is 0 Å². The number of nitrogens with one attached hydrogen (secondary N) is 1. The van der Waals surface area contributed by atoms with Gasteiger partial charge in [-0.25, -0.2) is 0 Å². The van der Waals surface area contributed by atoms with E-state index in [4.69, 9.17) is 16.9 Å². The molecule has 4 aromatic rings. The lowest BCUT2D eigenvalue weighted by Gasteiger charge is -2.22. The van der Waals surface area contributed by atoms with Crippen molar-refractivity contribution >= 4 is 17.3 Å². The maximum atomic E-state index is 9.17. The van der Waals surface area contributed by atoms with E-state index in [1.165, 1.54) is 17.7 Å². The minimum absolute atomic E-state index is 0.564. The number of nitriles is 1. The van der Waals surface area contributed by atoms with Crippen molar-refractivity contribution in [2.24, 2.45) is 5.92 Å². The number of halogens is 1. The summed E-state index contributed by atoms with van der Waals surface area (Å²) in [6.07, 6.45) is 4.14. The Kier molecular flexibility index (Phi) is 6.23. The van der Waals surface area contributed by atoms with Crippen LogP contribution >= 0.6 is 11.6 Å². The van der Waals surface area contributed by atoms with Crippen LogP contribution in [0.5, 0.6) is 0 Å². The third-order valence-corrected chi connectivity index (χ3v) is 8.21. The molecule has 4 heterocycles. The van der Waals surface area contributed by atoms with Crippen LogP contribution in [0.4, 0.5) is 5.69 Å². The Bertz CT molecular complexity index is 1480. The van der Waals surface area contributed by atoms with Gasteiger partial charge in [-0.15, -0.1) is 10.2 Å². The van der Waals surface area contributed by atoms with Gasteiger partial charge in [0.1, 0.15) is 11.5 Å². The van der Waals surface area contributed by atoms with Gasteiger partial charge in [-0.05, 0) is 79.8 Å². The molecule has 2 atom stereocenters. The number of nitrogens with zero attached hydrogens (tertiary/aromatic N) is 6. The highest BCUT2D eigenvalue weighted by Gasteiger charge is 2.27. The summed E-state index contributed by atoms with van der Waals surface area (Å²) in [5.41, 5.74) is 6.96. The molecule has 0 saturated carbocycles. The normalized spacial score (nSPS) is 17.0. The molecule has 0 bridgehead atoms. The van der Waals surface area contributed by atoms with Crippen LogP contribution < -0.4 is 10.2 Å². The van der Waals surface area contributed by atoms with Crippen LogP contribution in [-0.2, 0) is 6.54 Å². The molecule has 2 aromatic carbocycles. The minimum atomic E-state index is 0.564. The van der Waals surface area contributed by atoms with Crippen LogP contribution in [0.15, 0.2) is 54.9 Å². The van der Waals surface area contributed by atoms with Gasteiger partial charge < -0.3 is 14.8 Å². The van der Waals surface area contributed by atoms with Crippen molar-refractivity contribution in [2.75, 3.05) is 24.5 Å². The molecule has 6 rings (SSSR count). The highest BCUT2D eigenvalue weighted by Crippen LogP contribution is 2.40. The minimum Gasteiger partial charge on any atom is -0.371 e. The average Bonchev–Trinajstić information content (AvgIpc) is 3.66. The molecule has 0 radical (unpaired) electrons. The molecule has 2 aliphatic rings. The van der Waals surface area contributed by atoms with E-state index in [2.05, 4.69) is 73.7 Å². The lowest BCUT2D eigenvalue weighted by molar-refractivity contribution is 0.456. The third-order valence-electron chi connectivity index (χ3n) is 7.80. The Balaban J connectivity index is 1.33. The number of rotatable bonds is 6. The molecule has 0 aliphatic carbocycles. The summed E-state index contributed by atoms with van der Waals surface area (Å²) in [6, 6.07) is 19.0. The number of benzene rings is 2. The molecular formula is C29H30ClN7. The first-order valence-electron chi connectivity index (χ1n) is 13.0. The van der Waals surface area contributed by atoms with E-state index in [9.17, 15) is 0 Å². The highest BCUT2D eigenvalue weighted by molar-refractivity contribution is 6.32. The Morgan fingerprint density at radius 3 is 2.81 bits per heavy atom. The summed E-state index contributed by atoms with van der Waals surface area (Å²) in [6.45, 7) is 8.34.